The topological polar surface area (TPSA) is 63.6 Å². The molecule has 28 heavy (non-hydrogen) atoms. The summed E-state index contributed by atoms with van der Waals surface area (Å²) in [5.74, 6) is -1.19. The first-order chi connectivity index (χ1) is 13.2. The summed E-state index contributed by atoms with van der Waals surface area (Å²) < 4.78 is 5.98. The van der Waals surface area contributed by atoms with Crippen LogP contribution < -0.4 is 0 Å². The van der Waals surface area contributed by atoms with E-state index in [9.17, 15) is 9.59 Å². The van der Waals surface area contributed by atoms with Gasteiger partial charge in [0.2, 0.25) is 0 Å². The van der Waals surface area contributed by atoms with Gasteiger partial charge >= 0.3 is 11.9 Å². The van der Waals surface area contributed by atoms with Gasteiger partial charge in [-0.15, -0.1) is 0 Å². The predicted molar refractivity (Wildman–Crippen MR) is 115 cm³/mol. The molecular weight excluding hydrogens is 354 g/mol. The van der Waals surface area contributed by atoms with Crippen molar-refractivity contribution in [3.63, 3.8) is 0 Å². The van der Waals surface area contributed by atoms with Crippen LogP contribution in [0.5, 0.6) is 0 Å². The van der Waals surface area contributed by atoms with Crippen molar-refractivity contribution in [3.8, 4) is 0 Å². The van der Waals surface area contributed by atoms with Gasteiger partial charge in [0, 0.05) is 6.42 Å². The van der Waals surface area contributed by atoms with E-state index in [-0.39, 0.29) is 12.4 Å². The summed E-state index contributed by atoms with van der Waals surface area (Å²) in [4.78, 5) is 23.0. The number of hydrogen-bond acceptors (Lipinski definition) is 3. The van der Waals surface area contributed by atoms with Crippen molar-refractivity contribution >= 4 is 11.9 Å². The standard InChI is InChI=1S/C23H45NO4/c1-5-6-7-8-9-10-11-12-13-14-15-16-17-18-23(27)28-21(19-22(25)26)20-24(2,3)4/h21H,5-20H2,1-4H3/p+1/t21-/m0/s1. The number of carboxylic acids is 1. The molecule has 0 heterocycles. The number of carboxylic acid groups (broad SMARTS) is 1. The number of ether oxygens (including phenoxy) is 1. The fourth-order valence-electron chi connectivity index (χ4n) is 3.48. The van der Waals surface area contributed by atoms with Crippen LogP contribution in [0.3, 0.4) is 0 Å². The predicted octanol–water partition coefficient (Wildman–Crippen LogP) is 5.56. The number of carbonyl (C=O) groups excluding carboxylic acids is 1. The molecule has 0 aliphatic rings. The molecule has 166 valence electrons. The van der Waals surface area contributed by atoms with Crippen LogP contribution in [-0.2, 0) is 14.3 Å². The third-order valence-electron chi connectivity index (χ3n) is 4.94. The molecule has 1 N–H and O–H groups in total. The SMILES string of the molecule is CCCCCCCCCCCCCCCC(=O)O[C@@H](CC(=O)O)C[N+](C)(C)C. The zero-order chi connectivity index (χ0) is 21.3. The Balaban J connectivity index is 3.63. The molecule has 0 unspecified atom stereocenters. The number of likely N-dealkylation sites (N-methyl/N-ethyl adjacent to an activating group) is 1. The Labute approximate surface area is 173 Å². The average Bonchev–Trinajstić information content (AvgIpc) is 2.56. The summed E-state index contributed by atoms with van der Waals surface area (Å²) in [6, 6.07) is 0. The molecule has 0 bridgehead atoms. The van der Waals surface area contributed by atoms with Gasteiger partial charge < -0.3 is 14.3 Å². The molecule has 5 heteroatoms. The van der Waals surface area contributed by atoms with Crippen LogP contribution in [0, 0.1) is 0 Å². The Morgan fingerprint density at radius 2 is 1.21 bits per heavy atom. The van der Waals surface area contributed by atoms with E-state index in [0.717, 1.165) is 12.8 Å². The monoisotopic (exact) mass is 400 g/mol. The van der Waals surface area contributed by atoms with Crippen LogP contribution in [0.1, 0.15) is 103 Å². The van der Waals surface area contributed by atoms with Gasteiger partial charge in [-0.3, -0.25) is 9.59 Å². The van der Waals surface area contributed by atoms with E-state index < -0.39 is 12.1 Å². The first kappa shape index (κ1) is 26.9. The minimum absolute atomic E-state index is 0.125. The van der Waals surface area contributed by atoms with Crippen LogP contribution in [0.15, 0.2) is 0 Å². The molecular formula is C23H46NO4+. The molecule has 0 rings (SSSR count). The molecule has 0 saturated heterocycles. The first-order valence-electron chi connectivity index (χ1n) is 11.5. The summed E-state index contributed by atoms with van der Waals surface area (Å²) in [5, 5.41) is 8.99. The quantitative estimate of drug-likeness (QED) is 0.175. The Hall–Kier alpha value is -1.10. The Morgan fingerprint density at radius 3 is 1.61 bits per heavy atom. The molecule has 5 nitrogen and oxygen atoms in total. The minimum Gasteiger partial charge on any atom is -0.481 e. The Bertz CT molecular complexity index is 404. The molecule has 0 aromatic heterocycles. The van der Waals surface area contributed by atoms with E-state index in [1.165, 1.54) is 70.6 Å². The fraction of sp³-hybridized carbons (Fsp3) is 0.913. The highest BCUT2D eigenvalue weighted by Crippen LogP contribution is 2.14. The highest BCUT2D eigenvalue weighted by atomic mass is 16.5. The van der Waals surface area contributed by atoms with E-state index in [0.29, 0.717) is 17.4 Å². The van der Waals surface area contributed by atoms with Gasteiger partial charge in [0.1, 0.15) is 6.54 Å². The lowest BCUT2D eigenvalue weighted by atomic mass is 10.0. The van der Waals surface area contributed by atoms with Crippen molar-refractivity contribution in [1.82, 2.24) is 0 Å². The maximum Gasteiger partial charge on any atom is 0.307 e. The van der Waals surface area contributed by atoms with Crippen LogP contribution >= 0.6 is 0 Å². The lowest BCUT2D eigenvalue weighted by molar-refractivity contribution is -0.873. The van der Waals surface area contributed by atoms with Gasteiger partial charge in [-0.05, 0) is 6.42 Å². The number of esters is 1. The number of unbranched alkanes of at least 4 members (excludes halogenated alkanes) is 12. The highest BCUT2D eigenvalue weighted by Gasteiger charge is 2.24. The number of carbonyl (C=O) groups is 2. The van der Waals surface area contributed by atoms with E-state index in [2.05, 4.69) is 6.92 Å². The molecule has 0 spiro atoms. The summed E-state index contributed by atoms with van der Waals surface area (Å²) >= 11 is 0. The molecule has 0 amide bonds. The third-order valence-corrected chi connectivity index (χ3v) is 4.94. The second-order valence-electron chi connectivity index (χ2n) is 9.18. The van der Waals surface area contributed by atoms with E-state index >= 15 is 0 Å². The molecule has 0 aromatic rings. The van der Waals surface area contributed by atoms with Crippen molar-refractivity contribution < 1.29 is 23.9 Å². The van der Waals surface area contributed by atoms with Crippen LogP contribution in [0.25, 0.3) is 0 Å². The largest absolute Gasteiger partial charge is 0.481 e. The van der Waals surface area contributed by atoms with Crippen molar-refractivity contribution in [2.45, 2.75) is 109 Å². The molecule has 0 radical (unpaired) electrons. The molecule has 1 atom stereocenters. The molecule has 0 aliphatic heterocycles. The van der Waals surface area contributed by atoms with Gasteiger partial charge in [0.05, 0.1) is 27.6 Å². The summed E-state index contributed by atoms with van der Waals surface area (Å²) in [6.45, 7) is 2.77. The second kappa shape index (κ2) is 16.8. The van der Waals surface area contributed by atoms with Crippen molar-refractivity contribution in [2.24, 2.45) is 0 Å². The maximum atomic E-state index is 12.0. The van der Waals surface area contributed by atoms with Crippen molar-refractivity contribution in [1.29, 1.82) is 0 Å². The minimum atomic E-state index is -0.924. The summed E-state index contributed by atoms with van der Waals surface area (Å²) in [7, 11) is 5.90. The third kappa shape index (κ3) is 19.7. The molecule has 0 saturated carbocycles. The average molecular weight is 401 g/mol. The van der Waals surface area contributed by atoms with E-state index in [4.69, 9.17) is 9.84 Å². The van der Waals surface area contributed by atoms with Crippen molar-refractivity contribution in [3.05, 3.63) is 0 Å². The van der Waals surface area contributed by atoms with E-state index in [1.54, 1.807) is 0 Å². The maximum absolute atomic E-state index is 12.0. The number of rotatable bonds is 19. The smallest absolute Gasteiger partial charge is 0.307 e. The first-order valence-corrected chi connectivity index (χ1v) is 11.5. The summed E-state index contributed by atoms with van der Waals surface area (Å²) in [5.41, 5.74) is 0. The second-order valence-corrected chi connectivity index (χ2v) is 9.18. The van der Waals surface area contributed by atoms with Gasteiger partial charge in [-0.25, -0.2) is 0 Å². The highest BCUT2D eigenvalue weighted by molar-refractivity contribution is 5.71. The molecule has 0 aromatic carbocycles. The van der Waals surface area contributed by atoms with Crippen LogP contribution in [0.4, 0.5) is 0 Å². The normalized spacial score (nSPS) is 12.7. The lowest BCUT2D eigenvalue weighted by Gasteiger charge is -2.28. The number of quaternary nitrogens is 1. The van der Waals surface area contributed by atoms with Gasteiger partial charge in [-0.1, -0.05) is 84.0 Å². The lowest BCUT2D eigenvalue weighted by Crippen LogP contribution is -2.43. The Morgan fingerprint density at radius 1 is 0.786 bits per heavy atom. The van der Waals surface area contributed by atoms with Crippen LogP contribution in [-0.4, -0.2) is 55.3 Å². The number of hydrogen-bond donors (Lipinski definition) is 1. The zero-order valence-electron chi connectivity index (χ0n) is 19.0. The van der Waals surface area contributed by atoms with Gasteiger partial charge in [0.15, 0.2) is 6.10 Å². The molecule has 0 aliphatic carbocycles. The van der Waals surface area contributed by atoms with Crippen LogP contribution in [0.2, 0.25) is 0 Å². The zero-order valence-corrected chi connectivity index (χ0v) is 19.0. The fourth-order valence-corrected chi connectivity index (χ4v) is 3.48. The summed E-state index contributed by atoms with van der Waals surface area (Å²) in [6.07, 6.45) is 16.2. The molecule has 0 fully saturated rings. The van der Waals surface area contributed by atoms with Gasteiger partial charge in [0.25, 0.3) is 0 Å². The van der Waals surface area contributed by atoms with E-state index in [1.807, 2.05) is 21.1 Å². The Kier molecular flexibility index (Phi) is 16.2. The number of nitrogens with zero attached hydrogens (tertiary/aromatic N) is 1. The number of aliphatic carboxylic acids is 1. The van der Waals surface area contributed by atoms with Crippen molar-refractivity contribution in [2.75, 3.05) is 27.7 Å². The van der Waals surface area contributed by atoms with Gasteiger partial charge in [-0.2, -0.15) is 0 Å².